The zero-order chi connectivity index (χ0) is 19.5. The van der Waals surface area contributed by atoms with Crippen LogP contribution in [-0.4, -0.2) is 35.2 Å². The molecular formula is C20H18F2N4O2. The molecule has 2 aromatic heterocycles. The number of hydrogen-bond donors (Lipinski definition) is 2. The number of aromatic nitrogens is 2. The van der Waals surface area contributed by atoms with Gasteiger partial charge in [-0.1, -0.05) is 11.2 Å². The van der Waals surface area contributed by atoms with E-state index < -0.39 is 11.6 Å². The van der Waals surface area contributed by atoms with Crippen LogP contribution in [-0.2, 0) is 0 Å². The summed E-state index contributed by atoms with van der Waals surface area (Å²) in [5, 5.41) is 9.98. The second-order valence-corrected chi connectivity index (χ2v) is 6.67. The van der Waals surface area contributed by atoms with Crippen LogP contribution in [0.15, 0.2) is 53.3 Å². The SMILES string of the molecule is O=C(NC1CNCCC1c1ccc(F)c(F)c1)c1cc(-c2cccnc2)on1. The number of pyridine rings is 1. The number of halogens is 2. The van der Waals surface area contributed by atoms with E-state index in [0.717, 1.165) is 12.6 Å². The molecule has 1 fully saturated rings. The van der Waals surface area contributed by atoms with E-state index >= 15 is 0 Å². The van der Waals surface area contributed by atoms with Crippen LogP contribution in [0.4, 0.5) is 8.78 Å². The fraction of sp³-hybridized carbons (Fsp3) is 0.250. The number of benzene rings is 1. The van der Waals surface area contributed by atoms with Crippen LogP contribution in [0, 0.1) is 11.6 Å². The molecule has 1 aliphatic heterocycles. The molecule has 1 amide bonds. The summed E-state index contributed by atoms with van der Waals surface area (Å²) in [6.45, 7) is 1.24. The summed E-state index contributed by atoms with van der Waals surface area (Å²) in [4.78, 5) is 16.7. The maximum Gasteiger partial charge on any atom is 0.273 e. The number of piperidine rings is 1. The van der Waals surface area contributed by atoms with Crippen molar-refractivity contribution < 1.29 is 18.1 Å². The normalized spacial score (nSPS) is 19.4. The monoisotopic (exact) mass is 384 g/mol. The summed E-state index contributed by atoms with van der Waals surface area (Å²) in [5.41, 5.74) is 1.52. The first-order valence-corrected chi connectivity index (χ1v) is 8.95. The number of carbonyl (C=O) groups excluding carboxylic acids is 1. The molecular weight excluding hydrogens is 366 g/mol. The third kappa shape index (κ3) is 3.77. The Morgan fingerprint density at radius 1 is 1.21 bits per heavy atom. The fourth-order valence-electron chi connectivity index (χ4n) is 3.42. The predicted molar refractivity (Wildman–Crippen MR) is 97.6 cm³/mol. The van der Waals surface area contributed by atoms with Crippen molar-refractivity contribution in [2.45, 2.75) is 18.4 Å². The van der Waals surface area contributed by atoms with Crippen molar-refractivity contribution in [2.24, 2.45) is 0 Å². The van der Waals surface area contributed by atoms with E-state index in [1.807, 2.05) is 0 Å². The fourth-order valence-corrected chi connectivity index (χ4v) is 3.42. The van der Waals surface area contributed by atoms with E-state index in [2.05, 4.69) is 20.8 Å². The van der Waals surface area contributed by atoms with Crippen LogP contribution in [0.2, 0.25) is 0 Å². The van der Waals surface area contributed by atoms with Crippen molar-refractivity contribution in [3.63, 3.8) is 0 Å². The van der Waals surface area contributed by atoms with Crippen LogP contribution < -0.4 is 10.6 Å². The smallest absolute Gasteiger partial charge is 0.273 e. The summed E-state index contributed by atoms with van der Waals surface area (Å²) in [5.74, 6) is -1.86. The molecule has 144 valence electrons. The van der Waals surface area contributed by atoms with Crippen LogP contribution in [0.1, 0.15) is 28.4 Å². The molecule has 1 saturated heterocycles. The van der Waals surface area contributed by atoms with Gasteiger partial charge in [0.2, 0.25) is 0 Å². The minimum Gasteiger partial charge on any atom is -0.355 e. The number of carbonyl (C=O) groups is 1. The minimum absolute atomic E-state index is 0.134. The first-order chi connectivity index (χ1) is 13.6. The van der Waals surface area contributed by atoms with Crippen LogP contribution >= 0.6 is 0 Å². The van der Waals surface area contributed by atoms with E-state index in [1.54, 1.807) is 36.7 Å². The number of hydrogen-bond acceptors (Lipinski definition) is 5. The quantitative estimate of drug-likeness (QED) is 0.723. The number of rotatable bonds is 4. The van der Waals surface area contributed by atoms with E-state index in [4.69, 9.17) is 4.52 Å². The van der Waals surface area contributed by atoms with Crippen LogP contribution in [0.25, 0.3) is 11.3 Å². The number of nitrogens with zero attached hydrogens (tertiary/aromatic N) is 2. The lowest BCUT2D eigenvalue weighted by Crippen LogP contribution is -2.50. The Morgan fingerprint density at radius 3 is 2.89 bits per heavy atom. The molecule has 1 aromatic carbocycles. The molecule has 2 atom stereocenters. The lowest BCUT2D eigenvalue weighted by Gasteiger charge is -2.33. The minimum atomic E-state index is -0.890. The summed E-state index contributed by atoms with van der Waals surface area (Å²) in [7, 11) is 0. The molecule has 0 bridgehead atoms. The molecule has 3 heterocycles. The van der Waals surface area contributed by atoms with Crippen LogP contribution in [0.3, 0.4) is 0 Å². The van der Waals surface area contributed by atoms with Gasteiger partial charge in [0.05, 0.1) is 0 Å². The molecule has 28 heavy (non-hydrogen) atoms. The van der Waals surface area contributed by atoms with Gasteiger partial charge in [-0.25, -0.2) is 8.78 Å². The molecule has 2 unspecified atom stereocenters. The third-order valence-electron chi connectivity index (χ3n) is 4.86. The maximum atomic E-state index is 13.6. The van der Waals surface area contributed by atoms with E-state index in [0.29, 0.717) is 29.9 Å². The van der Waals surface area contributed by atoms with Crippen LogP contribution in [0.5, 0.6) is 0 Å². The van der Waals surface area contributed by atoms with Gasteiger partial charge in [-0.05, 0) is 42.8 Å². The molecule has 1 aliphatic rings. The third-order valence-corrected chi connectivity index (χ3v) is 4.86. The molecule has 2 N–H and O–H groups in total. The number of amides is 1. The summed E-state index contributed by atoms with van der Waals surface area (Å²) < 4.78 is 32.1. The standard InChI is InChI=1S/C20H18F2N4O2/c21-15-4-3-12(8-16(15)22)14-5-7-24-11-18(14)25-20(27)17-9-19(28-26-17)13-2-1-6-23-10-13/h1-4,6,8-10,14,18,24H,5,7,11H2,(H,25,27). The van der Waals surface area contributed by atoms with E-state index in [1.165, 1.54) is 6.07 Å². The van der Waals surface area contributed by atoms with Gasteiger partial charge in [0.1, 0.15) is 0 Å². The molecule has 0 saturated carbocycles. The van der Waals surface area contributed by atoms with Crippen molar-refractivity contribution in [3.05, 3.63) is 71.7 Å². The summed E-state index contributed by atoms with van der Waals surface area (Å²) >= 11 is 0. The molecule has 0 spiro atoms. The Labute approximate surface area is 160 Å². The maximum absolute atomic E-state index is 13.6. The van der Waals surface area contributed by atoms with Gasteiger partial charge >= 0.3 is 0 Å². The highest BCUT2D eigenvalue weighted by Gasteiger charge is 2.29. The van der Waals surface area contributed by atoms with Gasteiger partial charge in [-0.3, -0.25) is 9.78 Å². The lowest BCUT2D eigenvalue weighted by molar-refractivity contribution is 0.0915. The van der Waals surface area contributed by atoms with Crippen molar-refractivity contribution in [1.82, 2.24) is 20.8 Å². The zero-order valence-corrected chi connectivity index (χ0v) is 14.9. The Bertz CT molecular complexity index is 977. The van der Waals surface area contributed by atoms with Gasteiger partial charge in [-0.2, -0.15) is 0 Å². The van der Waals surface area contributed by atoms with Gasteiger partial charge in [0.25, 0.3) is 5.91 Å². The van der Waals surface area contributed by atoms with Crippen molar-refractivity contribution in [3.8, 4) is 11.3 Å². The molecule has 4 rings (SSSR count). The Balaban J connectivity index is 1.51. The average Bonchev–Trinajstić information content (AvgIpc) is 3.22. The van der Waals surface area contributed by atoms with Gasteiger partial charge in [-0.15, -0.1) is 0 Å². The molecule has 0 aliphatic carbocycles. The zero-order valence-electron chi connectivity index (χ0n) is 14.9. The van der Waals surface area contributed by atoms with E-state index in [9.17, 15) is 13.6 Å². The Hall–Kier alpha value is -3.13. The molecule has 0 radical (unpaired) electrons. The van der Waals surface area contributed by atoms with Crippen molar-refractivity contribution >= 4 is 5.91 Å². The first-order valence-electron chi connectivity index (χ1n) is 8.95. The van der Waals surface area contributed by atoms with Crippen molar-refractivity contribution in [1.29, 1.82) is 0 Å². The number of nitrogens with one attached hydrogen (secondary N) is 2. The molecule has 6 nitrogen and oxygen atoms in total. The van der Waals surface area contributed by atoms with Crippen molar-refractivity contribution in [2.75, 3.05) is 13.1 Å². The summed E-state index contributed by atoms with van der Waals surface area (Å²) in [6, 6.07) is 8.70. The lowest BCUT2D eigenvalue weighted by atomic mass is 9.86. The Kier molecular flexibility index (Phi) is 5.12. The predicted octanol–water partition coefficient (Wildman–Crippen LogP) is 2.89. The molecule has 8 heteroatoms. The topological polar surface area (TPSA) is 80.0 Å². The first kappa shape index (κ1) is 18.2. The average molecular weight is 384 g/mol. The molecule has 3 aromatic rings. The summed E-state index contributed by atoms with van der Waals surface area (Å²) in [6.07, 6.45) is 3.95. The van der Waals surface area contributed by atoms with Gasteiger partial charge in [0.15, 0.2) is 23.1 Å². The largest absolute Gasteiger partial charge is 0.355 e. The second kappa shape index (κ2) is 7.85. The highest BCUT2D eigenvalue weighted by Crippen LogP contribution is 2.27. The second-order valence-electron chi connectivity index (χ2n) is 6.67. The highest BCUT2D eigenvalue weighted by atomic mass is 19.2. The van der Waals surface area contributed by atoms with Gasteiger partial charge in [0, 0.05) is 42.5 Å². The van der Waals surface area contributed by atoms with E-state index in [-0.39, 0.29) is 23.6 Å². The van der Waals surface area contributed by atoms with Gasteiger partial charge < -0.3 is 15.2 Å². The highest BCUT2D eigenvalue weighted by molar-refractivity contribution is 5.93. The Morgan fingerprint density at radius 2 is 2.11 bits per heavy atom.